The van der Waals surface area contributed by atoms with Gasteiger partial charge in [-0.1, -0.05) is 102 Å². The van der Waals surface area contributed by atoms with Crippen LogP contribution in [0.3, 0.4) is 0 Å². The van der Waals surface area contributed by atoms with Gasteiger partial charge in [-0.3, -0.25) is 0 Å². The molecule has 0 amide bonds. The van der Waals surface area contributed by atoms with E-state index in [4.69, 9.17) is 4.74 Å². The Morgan fingerprint density at radius 2 is 1.50 bits per heavy atom. The summed E-state index contributed by atoms with van der Waals surface area (Å²) in [6, 6.07) is 0. The molecular formula is C21H36O. The highest BCUT2D eigenvalue weighted by Gasteiger charge is 2.36. The summed E-state index contributed by atoms with van der Waals surface area (Å²) in [7, 11) is 0. The summed E-state index contributed by atoms with van der Waals surface area (Å²) in [5, 5.41) is 0. The first-order chi connectivity index (χ1) is 10.9. The molecule has 0 radical (unpaired) electrons. The van der Waals surface area contributed by atoms with Gasteiger partial charge in [0.2, 0.25) is 0 Å². The second kappa shape index (κ2) is 13.8. The highest BCUT2D eigenvalue weighted by molar-refractivity contribution is 5.02. The number of rotatable bonds is 15. The molecule has 1 heterocycles. The van der Waals surface area contributed by atoms with E-state index in [1.165, 1.54) is 64.2 Å². The van der Waals surface area contributed by atoms with Gasteiger partial charge in [-0.2, -0.15) is 0 Å². The van der Waals surface area contributed by atoms with E-state index in [0.29, 0.717) is 12.2 Å². The summed E-state index contributed by atoms with van der Waals surface area (Å²) in [5.41, 5.74) is 0. The standard InChI is InChI=1S/C21H36O/c1-3-5-7-9-11-12-13-15-17-19-21-20(22-21)18-16-14-10-8-6-4-2/h4,6,8,14,16,20-21H,2-3,5,7,9-13,15,17-19H2,1H3/b8-6-,16-14-/t20-,21+/m1/s1. The van der Waals surface area contributed by atoms with Gasteiger partial charge in [0.1, 0.15) is 0 Å². The van der Waals surface area contributed by atoms with Crippen LogP contribution in [0, 0.1) is 0 Å². The molecule has 1 fully saturated rings. The molecule has 22 heavy (non-hydrogen) atoms. The molecule has 0 saturated carbocycles. The van der Waals surface area contributed by atoms with Crippen molar-refractivity contribution < 1.29 is 4.74 Å². The third-order valence-corrected chi connectivity index (χ3v) is 4.36. The van der Waals surface area contributed by atoms with E-state index in [-0.39, 0.29) is 0 Å². The van der Waals surface area contributed by atoms with Crippen molar-refractivity contribution in [3.8, 4) is 0 Å². The Labute approximate surface area is 138 Å². The Morgan fingerprint density at radius 1 is 0.818 bits per heavy atom. The van der Waals surface area contributed by atoms with E-state index in [9.17, 15) is 0 Å². The summed E-state index contributed by atoms with van der Waals surface area (Å²) in [5.74, 6) is 0. The Morgan fingerprint density at radius 3 is 2.18 bits per heavy atom. The van der Waals surface area contributed by atoms with Crippen LogP contribution in [0.2, 0.25) is 0 Å². The lowest BCUT2D eigenvalue weighted by atomic mass is 10.0. The number of epoxide rings is 1. The highest BCUT2D eigenvalue weighted by Crippen LogP contribution is 2.30. The van der Waals surface area contributed by atoms with Gasteiger partial charge < -0.3 is 4.74 Å². The quantitative estimate of drug-likeness (QED) is 0.141. The van der Waals surface area contributed by atoms with E-state index in [0.717, 1.165) is 12.8 Å². The lowest BCUT2D eigenvalue weighted by Crippen LogP contribution is -1.93. The molecule has 0 bridgehead atoms. The van der Waals surface area contributed by atoms with Gasteiger partial charge in [0.05, 0.1) is 12.2 Å². The van der Waals surface area contributed by atoms with E-state index in [2.05, 4.69) is 31.7 Å². The van der Waals surface area contributed by atoms with Crippen molar-refractivity contribution >= 4 is 0 Å². The van der Waals surface area contributed by atoms with E-state index in [1.807, 2.05) is 12.2 Å². The average Bonchev–Trinajstić information content (AvgIpc) is 3.27. The summed E-state index contributed by atoms with van der Waals surface area (Å²) >= 11 is 0. The Hall–Kier alpha value is -0.820. The van der Waals surface area contributed by atoms with Gasteiger partial charge >= 0.3 is 0 Å². The predicted octanol–water partition coefficient (Wildman–Crippen LogP) is 6.75. The minimum Gasteiger partial charge on any atom is -0.369 e. The van der Waals surface area contributed by atoms with Gasteiger partial charge in [-0.05, 0) is 19.3 Å². The molecule has 1 rings (SSSR count). The molecular weight excluding hydrogens is 268 g/mol. The summed E-state index contributed by atoms with van der Waals surface area (Å²) in [4.78, 5) is 0. The van der Waals surface area contributed by atoms with Crippen molar-refractivity contribution in [3.63, 3.8) is 0 Å². The highest BCUT2D eigenvalue weighted by atomic mass is 16.6. The van der Waals surface area contributed by atoms with Crippen LogP contribution in [0.25, 0.3) is 0 Å². The molecule has 1 nitrogen and oxygen atoms in total. The molecule has 0 aromatic carbocycles. The Kier molecular flexibility index (Phi) is 12.1. The molecule has 0 unspecified atom stereocenters. The van der Waals surface area contributed by atoms with Gasteiger partial charge in [0, 0.05) is 0 Å². The fourth-order valence-electron chi connectivity index (χ4n) is 2.88. The fraction of sp³-hybridized carbons (Fsp3) is 0.714. The summed E-state index contributed by atoms with van der Waals surface area (Å²) in [6.07, 6.45) is 27.5. The zero-order chi connectivity index (χ0) is 15.9. The molecule has 2 atom stereocenters. The van der Waals surface area contributed by atoms with Crippen molar-refractivity contribution in [1.82, 2.24) is 0 Å². The lowest BCUT2D eigenvalue weighted by Gasteiger charge is -2.01. The largest absolute Gasteiger partial charge is 0.369 e. The first kappa shape index (κ1) is 19.2. The minimum absolute atomic E-state index is 0.508. The Balaban J connectivity index is 1.82. The molecule has 0 aromatic rings. The van der Waals surface area contributed by atoms with Gasteiger partial charge in [-0.25, -0.2) is 0 Å². The Bertz CT molecular complexity index is 316. The zero-order valence-corrected chi connectivity index (χ0v) is 14.6. The number of hydrogen-bond donors (Lipinski definition) is 0. The zero-order valence-electron chi connectivity index (χ0n) is 14.6. The molecule has 1 saturated heterocycles. The lowest BCUT2D eigenvalue weighted by molar-refractivity contribution is 0.358. The third-order valence-electron chi connectivity index (χ3n) is 4.36. The topological polar surface area (TPSA) is 12.5 Å². The van der Waals surface area contributed by atoms with Crippen molar-refractivity contribution in [2.75, 3.05) is 0 Å². The van der Waals surface area contributed by atoms with Crippen LogP contribution in [0.15, 0.2) is 37.0 Å². The molecule has 1 heteroatoms. The van der Waals surface area contributed by atoms with E-state index >= 15 is 0 Å². The summed E-state index contributed by atoms with van der Waals surface area (Å²) < 4.78 is 5.73. The smallest absolute Gasteiger partial charge is 0.0876 e. The number of hydrogen-bond acceptors (Lipinski definition) is 1. The van der Waals surface area contributed by atoms with Crippen molar-refractivity contribution in [2.45, 2.75) is 96.2 Å². The number of allylic oxidation sites excluding steroid dienone is 4. The SMILES string of the molecule is C=C/C=C\C/C=C\C[C@H]1O[C@H]1CCCCCCCCCCC. The fourth-order valence-corrected chi connectivity index (χ4v) is 2.88. The first-order valence-corrected chi connectivity index (χ1v) is 9.46. The maximum Gasteiger partial charge on any atom is 0.0876 e. The maximum atomic E-state index is 5.73. The molecule has 0 N–H and O–H groups in total. The van der Waals surface area contributed by atoms with Gasteiger partial charge in [-0.15, -0.1) is 0 Å². The predicted molar refractivity (Wildman–Crippen MR) is 98.2 cm³/mol. The van der Waals surface area contributed by atoms with Gasteiger partial charge in [0.15, 0.2) is 0 Å². The molecule has 0 spiro atoms. The van der Waals surface area contributed by atoms with Crippen molar-refractivity contribution in [2.24, 2.45) is 0 Å². The molecule has 0 aliphatic carbocycles. The van der Waals surface area contributed by atoms with E-state index < -0.39 is 0 Å². The third kappa shape index (κ3) is 10.8. The van der Waals surface area contributed by atoms with Crippen molar-refractivity contribution in [3.05, 3.63) is 37.0 Å². The minimum atomic E-state index is 0.508. The number of unbranched alkanes of at least 4 members (excludes halogenated alkanes) is 8. The van der Waals surface area contributed by atoms with Crippen molar-refractivity contribution in [1.29, 1.82) is 0 Å². The van der Waals surface area contributed by atoms with Gasteiger partial charge in [0.25, 0.3) is 0 Å². The monoisotopic (exact) mass is 304 g/mol. The average molecular weight is 305 g/mol. The van der Waals surface area contributed by atoms with Crippen LogP contribution in [0.4, 0.5) is 0 Å². The van der Waals surface area contributed by atoms with Crippen LogP contribution < -0.4 is 0 Å². The van der Waals surface area contributed by atoms with Crippen LogP contribution in [0.5, 0.6) is 0 Å². The molecule has 126 valence electrons. The number of ether oxygens (including phenoxy) is 1. The van der Waals surface area contributed by atoms with Crippen LogP contribution in [-0.4, -0.2) is 12.2 Å². The van der Waals surface area contributed by atoms with Crippen LogP contribution >= 0.6 is 0 Å². The maximum absolute atomic E-state index is 5.73. The molecule has 0 aromatic heterocycles. The first-order valence-electron chi connectivity index (χ1n) is 9.46. The molecule has 1 aliphatic rings. The second-order valence-electron chi connectivity index (χ2n) is 6.44. The normalized spacial score (nSPS) is 21.0. The second-order valence-corrected chi connectivity index (χ2v) is 6.44. The van der Waals surface area contributed by atoms with E-state index in [1.54, 1.807) is 0 Å². The summed E-state index contributed by atoms with van der Waals surface area (Å²) in [6.45, 7) is 5.94. The van der Waals surface area contributed by atoms with Crippen LogP contribution in [-0.2, 0) is 4.74 Å². The molecule has 1 aliphatic heterocycles. The van der Waals surface area contributed by atoms with Crippen LogP contribution in [0.1, 0.15) is 84.0 Å².